The molecule has 3 aliphatic heterocycles. The van der Waals surface area contributed by atoms with Crippen LogP contribution in [0, 0.1) is 5.21 Å². The van der Waals surface area contributed by atoms with Crippen molar-refractivity contribution in [1.82, 2.24) is 5.06 Å². The first-order chi connectivity index (χ1) is 10.9. The molecule has 1 unspecified atom stereocenters. The average molecular weight is 376 g/mol. The molecule has 3 aliphatic rings. The third kappa shape index (κ3) is 2.42. The van der Waals surface area contributed by atoms with E-state index in [-0.39, 0.29) is 0 Å². The van der Waals surface area contributed by atoms with Crippen molar-refractivity contribution in [2.45, 2.75) is 116 Å². The van der Waals surface area contributed by atoms with Gasteiger partial charge < -0.3 is 0 Å². The van der Waals surface area contributed by atoms with E-state index >= 15 is 0 Å². The van der Waals surface area contributed by atoms with Crippen molar-refractivity contribution in [1.29, 1.82) is 0 Å². The van der Waals surface area contributed by atoms with Crippen LogP contribution >= 0.6 is 7.51 Å². The van der Waals surface area contributed by atoms with Gasteiger partial charge in [-0.15, -0.1) is 0 Å². The molecule has 3 rings (SSSR count). The van der Waals surface area contributed by atoms with Crippen LogP contribution in [-0.2, 0) is 18.1 Å². The van der Waals surface area contributed by atoms with Crippen molar-refractivity contribution in [2.24, 2.45) is 0 Å². The molecule has 7 heteroatoms. The molecule has 1 spiro atoms. The number of hydrogen-bond donors (Lipinski definition) is 0. The fourth-order valence-corrected chi connectivity index (χ4v) is 10.0. The Balaban J connectivity index is 2.20. The van der Waals surface area contributed by atoms with Gasteiger partial charge in [-0.25, -0.2) is 0 Å². The third-order valence-electron chi connectivity index (χ3n) is 6.84. The second kappa shape index (κ2) is 4.78. The van der Waals surface area contributed by atoms with E-state index in [9.17, 15) is 5.21 Å². The summed E-state index contributed by atoms with van der Waals surface area (Å²) in [5.74, 6) is -0.580. The predicted octanol–water partition coefficient (Wildman–Crippen LogP) is 4.94. The van der Waals surface area contributed by atoms with E-state index in [1.165, 1.54) is 0 Å². The molecule has 6 nitrogen and oxygen atoms in total. The Hall–Kier alpha value is 0.190. The normalized spacial score (nSPS) is 40.8. The molecular weight excluding hydrogens is 341 g/mol. The Labute approximate surface area is 152 Å². The second-order valence-corrected chi connectivity index (χ2v) is 13.5. The van der Waals surface area contributed by atoms with Crippen LogP contribution < -0.4 is 5.06 Å². The van der Waals surface area contributed by atoms with E-state index in [1.54, 1.807) is 0 Å². The molecule has 0 saturated carbocycles. The van der Waals surface area contributed by atoms with Crippen molar-refractivity contribution in [3.05, 3.63) is 5.21 Å². The third-order valence-corrected chi connectivity index (χ3v) is 11.4. The molecule has 0 N–H and O–H groups in total. The van der Waals surface area contributed by atoms with E-state index in [0.717, 1.165) is 11.5 Å². The number of nitrogens with zero attached hydrogens (tertiary/aromatic N) is 1. The van der Waals surface area contributed by atoms with E-state index in [0.29, 0.717) is 6.42 Å². The summed E-state index contributed by atoms with van der Waals surface area (Å²) in [5, 5.41) is 14.4. The van der Waals surface area contributed by atoms with Crippen molar-refractivity contribution >= 4 is 7.51 Å². The monoisotopic (exact) mass is 376 g/mol. The standard InChI is InChI=1S/C18H35NO5P/c1-14(2)12-11-13(19(14)20)25(21-15(3,4)16(5,6)22-25)23-17(7,8)18(9,10)24-25/h13H,11-12H2,1-10H3. The van der Waals surface area contributed by atoms with Crippen molar-refractivity contribution in [3.63, 3.8) is 0 Å². The van der Waals surface area contributed by atoms with Crippen LogP contribution in [-0.4, -0.2) is 33.7 Å². The Morgan fingerprint density at radius 1 is 0.720 bits per heavy atom. The molecule has 3 heterocycles. The maximum absolute atomic E-state index is 13.2. The van der Waals surface area contributed by atoms with E-state index < -0.39 is 41.2 Å². The van der Waals surface area contributed by atoms with Crippen molar-refractivity contribution < 1.29 is 18.1 Å². The van der Waals surface area contributed by atoms with Crippen LogP contribution in [0.25, 0.3) is 0 Å². The van der Waals surface area contributed by atoms with Gasteiger partial charge in [-0.1, -0.05) is 0 Å². The quantitative estimate of drug-likeness (QED) is 0.368. The number of rotatable bonds is 1. The molecule has 0 bridgehead atoms. The second-order valence-electron chi connectivity index (χ2n) is 10.4. The molecule has 0 aromatic heterocycles. The summed E-state index contributed by atoms with van der Waals surface area (Å²) in [5.41, 5.74) is -3.07. The molecule has 0 aromatic rings. The van der Waals surface area contributed by atoms with Gasteiger partial charge in [0, 0.05) is 0 Å². The minimum atomic E-state index is -4.17. The van der Waals surface area contributed by atoms with E-state index in [1.807, 2.05) is 69.2 Å². The van der Waals surface area contributed by atoms with Crippen molar-refractivity contribution in [3.8, 4) is 0 Å². The molecule has 1 radical (unpaired) electrons. The molecule has 3 saturated heterocycles. The number of hydroxylamine groups is 2. The average Bonchev–Trinajstić information content (AvgIpc) is 2.74. The fraction of sp³-hybridized carbons (Fsp3) is 1.00. The summed E-state index contributed by atoms with van der Waals surface area (Å²) in [6.07, 6.45) is 1.38. The van der Waals surface area contributed by atoms with Gasteiger partial charge in [0.15, 0.2) is 0 Å². The first kappa shape index (κ1) is 19.9. The molecule has 1 atom stereocenters. The predicted molar refractivity (Wildman–Crippen MR) is 100 cm³/mol. The first-order valence-corrected chi connectivity index (χ1v) is 11.2. The maximum atomic E-state index is 13.2. The van der Waals surface area contributed by atoms with E-state index in [2.05, 4.69) is 0 Å². The van der Waals surface area contributed by atoms with Crippen LogP contribution in [0.15, 0.2) is 0 Å². The summed E-state index contributed by atoms with van der Waals surface area (Å²) in [7, 11) is -4.17. The molecule has 0 amide bonds. The molecular formula is C18H35NO5P. The summed E-state index contributed by atoms with van der Waals surface area (Å²) in [6, 6.07) is 0. The topological polar surface area (TPSA) is 65.9 Å². The van der Waals surface area contributed by atoms with Gasteiger partial charge in [0.25, 0.3) is 0 Å². The molecule has 0 aromatic carbocycles. The molecule has 147 valence electrons. The Kier molecular flexibility index (Phi) is 3.81. The Morgan fingerprint density at radius 2 is 1.04 bits per heavy atom. The van der Waals surface area contributed by atoms with Crippen LogP contribution in [0.2, 0.25) is 0 Å². The van der Waals surface area contributed by atoms with Crippen LogP contribution in [0.4, 0.5) is 0 Å². The van der Waals surface area contributed by atoms with E-state index in [4.69, 9.17) is 18.1 Å². The van der Waals surface area contributed by atoms with Gasteiger partial charge in [0.1, 0.15) is 0 Å². The van der Waals surface area contributed by atoms with Gasteiger partial charge >= 0.3 is 152 Å². The van der Waals surface area contributed by atoms with Crippen LogP contribution in [0.3, 0.4) is 0 Å². The minimum absolute atomic E-state index is 0.496. The van der Waals surface area contributed by atoms with Gasteiger partial charge in [-0.3, -0.25) is 0 Å². The SMILES string of the molecule is CC1(C)CCC(P23(OC(C)(C)C(C)(C)O2)OC(C)(C)C(C)(C)O3)[N+]1[O-]. The molecule has 3 fully saturated rings. The summed E-state index contributed by atoms with van der Waals surface area (Å²) in [4.78, 5) is 0. The molecule has 0 aliphatic carbocycles. The zero-order valence-electron chi connectivity index (χ0n) is 17.4. The summed E-state index contributed by atoms with van der Waals surface area (Å²) < 4.78 is 26.6. The zero-order chi connectivity index (χ0) is 19.3. The molecule has 25 heavy (non-hydrogen) atoms. The number of hydrogen-bond acceptors (Lipinski definition) is 6. The van der Waals surface area contributed by atoms with Crippen molar-refractivity contribution in [2.75, 3.05) is 0 Å². The fourth-order valence-electron chi connectivity index (χ4n) is 3.94. The Bertz CT molecular complexity index is 523. The zero-order valence-corrected chi connectivity index (χ0v) is 18.3. The van der Waals surface area contributed by atoms with Gasteiger partial charge in [-0.05, 0) is 0 Å². The van der Waals surface area contributed by atoms with Crippen LogP contribution in [0.5, 0.6) is 0 Å². The van der Waals surface area contributed by atoms with Gasteiger partial charge in [0.2, 0.25) is 0 Å². The first-order valence-electron chi connectivity index (χ1n) is 9.23. The van der Waals surface area contributed by atoms with Gasteiger partial charge in [0.05, 0.1) is 0 Å². The van der Waals surface area contributed by atoms with Gasteiger partial charge in [-0.2, -0.15) is 0 Å². The summed E-state index contributed by atoms with van der Waals surface area (Å²) >= 11 is 0. The Morgan fingerprint density at radius 3 is 1.28 bits per heavy atom. The van der Waals surface area contributed by atoms with Crippen LogP contribution in [0.1, 0.15) is 82.1 Å². The summed E-state index contributed by atoms with van der Waals surface area (Å²) in [6.45, 7) is 19.8.